The molecule has 2 heterocycles. The Balaban J connectivity index is 1.72. The second-order valence-corrected chi connectivity index (χ2v) is 6.36. The summed E-state index contributed by atoms with van der Waals surface area (Å²) in [6, 6.07) is 3.73. The Labute approximate surface area is 114 Å². The molecule has 1 aliphatic rings. The highest BCUT2D eigenvalue weighted by Gasteiger charge is 2.22. The number of nitrogen functional groups attached to an aromatic ring is 1. The molecule has 0 saturated heterocycles. The van der Waals surface area contributed by atoms with Gasteiger partial charge in [0, 0.05) is 11.6 Å². The van der Waals surface area contributed by atoms with E-state index < -0.39 is 0 Å². The lowest BCUT2D eigenvalue weighted by molar-refractivity contribution is 0.288. The summed E-state index contributed by atoms with van der Waals surface area (Å²) < 4.78 is 6.63. The molecule has 6 heteroatoms. The van der Waals surface area contributed by atoms with Crippen molar-refractivity contribution >= 4 is 28.8 Å². The molecule has 94 valence electrons. The number of nitrogens with zero attached hydrogens (tertiary/aromatic N) is 2. The van der Waals surface area contributed by atoms with E-state index in [-0.39, 0.29) is 0 Å². The molecule has 1 aliphatic carbocycles. The number of pyridine rings is 1. The second kappa shape index (κ2) is 5.16. The Morgan fingerprint density at radius 1 is 1.44 bits per heavy atom. The number of ether oxygens (including phenoxy) is 1. The van der Waals surface area contributed by atoms with Gasteiger partial charge in [0.15, 0.2) is 4.34 Å². The fourth-order valence-corrected chi connectivity index (χ4v) is 2.97. The van der Waals surface area contributed by atoms with Crippen LogP contribution in [0.2, 0.25) is 0 Å². The third-order valence-electron chi connectivity index (χ3n) is 2.62. The Morgan fingerprint density at radius 2 is 2.33 bits per heavy atom. The van der Waals surface area contributed by atoms with Crippen LogP contribution in [0.5, 0.6) is 5.88 Å². The van der Waals surface area contributed by atoms with Crippen LogP contribution in [0.25, 0.3) is 0 Å². The van der Waals surface area contributed by atoms with E-state index in [1.807, 2.05) is 17.5 Å². The predicted molar refractivity (Wildman–Crippen MR) is 73.1 cm³/mol. The van der Waals surface area contributed by atoms with Crippen LogP contribution < -0.4 is 10.5 Å². The summed E-state index contributed by atoms with van der Waals surface area (Å²) in [6.45, 7) is 0.725. The van der Waals surface area contributed by atoms with Crippen molar-refractivity contribution < 1.29 is 4.74 Å². The maximum absolute atomic E-state index is 5.86. The molecule has 0 atom stereocenters. The van der Waals surface area contributed by atoms with Crippen LogP contribution in [-0.4, -0.2) is 16.6 Å². The summed E-state index contributed by atoms with van der Waals surface area (Å²) in [4.78, 5) is 8.65. The molecule has 1 saturated carbocycles. The third-order valence-corrected chi connectivity index (χ3v) is 4.44. The number of aromatic nitrogens is 2. The van der Waals surface area contributed by atoms with Gasteiger partial charge in [0.25, 0.3) is 0 Å². The van der Waals surface area contributed by atoms with Crippen LogP contribution in [0.4, 0.5) is 5.69 Å². The number of thiazole rings is 1. The SMILES string of the molecule is Nc1ccc(Sc2nccs2)nc1OCC1CC1. The average Bonchev–Trinajstić information content (AvgIpc) is 3.07. The minimum atomic E-state index is 0.545. The molecule has 2 N–H and O–H groups in total. The lowest BCUT2D eigenvalue weighted by Crippen LogP contribution is -2.04. The number of rotatable bonds is 5. The van der Waals surface area contributed by atoms with Gasteiger partial charge in [0.05, 0.1) is 12.3 Å². The van der Waals surface area contributed by atoms with E-state index in [2.05, 4.69) is 9.97 Å². The number of anilines is 1. The maximum atomic E-state index is 5.86. The molecule has 0 amide bonds. The Bertz CT molecular complexity index is 526. The molecule has 0 spiro atoms. The van der Waals surface area contributed by atoms with E-state index in [1.165, 1.54) is 24.6 Å². The quantitative estimate of drug-likeness (QED) is 0.911. The normalized spacial score (nSPS) is 14.7. The van der Waals surface area contributed by atoms with Crippen molar-refractivity contribution in [2.45, 2.75) is 22.2 Å². The van der Waals surface area contributed by atoms with E-state index >= 15 is 0 Å². The van der Waals surface area contributed by atoms with Crippen LogP contribution in [0.15, 0.2) is 33.1 Å². The first-order valence-corrected chi connectivity index (χ1v) is 7.47. The van der Waals surface area contributed by atoms with Crippen molar-refractivity contribution in [2.75, 3.05) is 12.3 Å². The highest BCUT2D eigenvalue weighted by Crippen LogP contribution is 2.33. The summed E-state index contributed by atoms with van der Waals surface area (Å²) >= 11 is 3.12. The Hall–Kier alpha value is -1.27. The molecule has 0 unspecified atom stereocenters. The van der Waals surface area contributed by atoms with E-state index in [9.17, 15) is 0 Å². The summed E-state index contributed by atoms with van der Waals surface area (Å²) in [6.07, 6.45) is 4.30. The second-order valence-electron chi connectivity index (χ2n) is 4.20. The molecule has 0 aromatic carbocycles. The fourth-order valence-electron chi connectivity index (χ4n) is 1.44. The molecular weight excluding hydrogens is 266 g/mol. The molecule has 2 aromatic rings. The van der Waals surface area contributed by atoms with Gasteiger partial charge < -0.3 is 10.5 Å². The minimum Gasteiger partial charge on any atom is -0.476 e. The van der Waals surface area contributed by atoms with Gasteiger partial charge in [0.2, 0.25) is 5.88 Å². The van der Waals surface area contributed by atoms with Crippen molar-refractivity contribution in [3.63, 3.8) is 0 Å². The van der Waals surface area contributed by atoms with Gasteiger partial charge in [-0.25, -0.2) is 9.97 Å². The van der Waals surface area contributed by atoms with Gasteiger partial charge >= 0.3 is 0 Å². The summed E-state index contributed by atoms with van der Waals surface area (Å²) in [5, 5.41) is 2.81. The standard InChI is InChI=1S/C12H13N3OS2/c13-9-3-4-10(18-12-14-5-6-17-12)15-11(9)16-7-8-1-2-8/h3-6,8H,1-2,7,13H2. The fraction of sp³-hybridized carbons (Fsp3) is 0.333. The van der Waals surface area contributed by atoms with Crippen LogP contribution in [0, 0.1) is 5.92 Å². The van der Waals surface area contributed by atoms with Crippen molar-refractivity contribution in [2.24, 2.45) is 5.92 Å². The molecule has 4 nitrogen and oxygen atoms in total. The number of hydrogen-bond donors (Lipinski definition) is 1. The van der Waals surface area contributed by atoms with Gasteiger partial charge in [-0.3, -0.25) is 0 Å². The van der Waals surface area contributed by atoms with Gasteiger partial charge in [-0.1, -0.05) is 0 Å². The number of nitrogens with two attached hydrogens (primary N) is 1. The topological polar surface area (TPSA) is 61.0 Å². The van der Waals surface area contributed by atoms with E-state index in [4.69, 9.17) is 10.5 Å². The summed E-state index contributed by atoms with van der Waals surface area (Å²) in [7, 11) is 0. The van der Waals surface area contributed by atoms with Crippen molar-refractivity contribution in [3.05, 3.63) is 23.7 Å². The molecule has 2 aromatic heterocycles. The first-order chi connectivity index (χ1) is 8.81. The lowest BCUT2D eigenvalue weighted by Gasteiger charge is -2.08. The minimum absolute atomic E-state index is 0.545. The highest BCUT2D eigenvalue weighted by molar-refractivity contribution is 8.00. The van der Waals surface area contributed by atoms with E-state index in [1.54, 1.807) is 17.5 Å². The first kappa shape index (κ1) is 11.8. The monoisotopic (exact) mass is 279 g/mol. The molecule has 3 rings (SSSR count). The maximum Gasteiger partial charge on any atom is 0.238 e. The van der Waals surface area contributed by atoms with Crippen molar-refractivity contribution in [1.82, 2.24) is 9.97 Å². The van der Waals surface area contributed by atoms with Gasteiger partial charge in [-0.05, 0) is 42.7 Å². The van der Waals surface area contributed by atoms with Gasteiger partial charge in [-0.2, -0.15) is 0 Å². The van der Waals surface area contributed by atoms with Crippen molar-refractivity contribution in [3.8, 4) is 5.88 Å². The molecule has 1 fully saturated rings. The average molecular weight is 279 g/mol. The highest BCUT2D eigenvalue weighted by atomic mass is 32.2. The zero-order valence-electron chi connectivity index (χ0n) is 9.70. The Kier molecular flexibility index (Phi) is 3.38. The number of hydrogen-bond acceptors (Lipinski definition) is 6. The molecule has 18 heavy (non-hydrogen) atoms. The molecule has 0 radical (unpaired) electrons. The summed E-state index contributed by atoms with van der Waals surface area (Å²) in [5.74, 6) is 1.24. The zero-order valence-corrected chi connectivity index (χ0v) is 11.3. The van der Waals surface area contributed by atoms with Gasteiger partial charge in [0.1, 0.15) is 5.03 Å². The predicted octanol–water partition coefficient (Wildman–Crippen LogP) is 3.06. The van der Waals surface area contributed by atoms with Crippen LogP contribution >= 0.6 is 23.1 Å². The van der Waals surface area contributed by atoms with Crippen molar-refractivity contribution in [1.29, 1.82) is 0 Å². The largest absolute Gasteiger partial charge is 0.476 e. The van der Waals surface area contributed by atoms with Crippen LogP contribution in [0.3, 0.4) is 0 Å². The first-order valence-electron chi connectivity index (χ1n) is 5.78. The third kappa shape index (κ3) is 2.94. The van der Waals surface area contributed by atoms with E-state index in [0.717, 1.165) is 16.0 Å². The van der Waals surface area contributed by atoms with Crippen LogP contribution in [-0.2, 0) is 0 Å². The Morgan fingerprint density at radius 3 is 3.06 bits per heavy atom. The lowest BCUT2D eigenvalue weighted by atomic mass is 10.4. The van der Waals surface area contributed by atoms with Crippen LogP contribution in [0.1, 0.15) is 12.8 Å². The van der Waals surface area contributed by atoms with Gasteiger partial charge in [-0.15, -0.1) is 11.3 Å². The summed E-state index contributed by atoms with van der Waals surface area (Å²) in [5.41, 5.74) is 6.46. The smallest absolute Gasteiger partial charge is 0.238 e. The molecule has 0 aliphatic heterocycles. The molecule has 0 bridgehead atoms. The van der Waals surface area contributed by atoms with E-state index in [0.29, 0.717) is 17.5 Å². The zero-order chi connectivity index (χ0) is 12.4. The molecular formula is C12H13N3OS2.